The van der Waals surface area contributed by atoms with Crippen LogP contribution in [0.2, 0.25) is 0 Å². The van der Waals surface area contributed by atoms with Crippen LogP contribution in [0.4, 0.5) is 5.69 Å². The number of carbonyl (C=O) groups excluding carboxylic acids is 2. The first-order valence-electron chi connectivity index (χ1n) is 5.23. The summed E-state index contributed by atoms with van der Waals surface area (Å²) in [5.41, 5.74) is 7.29. The van der Waals surface area contributed by atoms with E-state index < -0.39 is 5.97 Å². The summed E-state index contributed by atoms with van der Waals surface area (Å²) >= 11 is 0. The van der Waals surface area contributed by atoms with Crippen LogP contribution in [-0.2, 0) is 16.0 Å². The van der Waals surface area contributed by atoms with Crippen LogP contribution in [0.25, 0.3) is 0 Å². The number of hydrogen-bond acceptors (Lipinski definition) is 4. The summed E-state index contributed by atoms with van der Waals surface area (Å²) in [4.78, 5) is 23.7. The highest BCUT2D eigenvalue weighted by Gasteiger charge is 2.15. The normalized spacial score (nSPS) is 9.82. The molecule has 2 N–H and O–H groups in total. The van der Waals surface area contributed by atoms with Crippen LogP contribution in [0.15, 0.2) is 18.2 Å². The molecule has 0 atom stereocenters. The van der Waals surface area contributed by atoms with Gasteiger partial charge < -0.3 is 15.4 Å². The third kappa shape index (κ3) is 3.04. The zero-order valence-electron chi connectivity index (χ0n) is 9.97. The summed E-state index contributed by atoms with van der Waals surface area (Å²) in [5, 5.41) is 0. The number of esters is 1. The minimum Gasteiger partial charge on any atom is -0.465 e. The highest BCUT2D eigenvalue weighted by molar-refractivity contribution is 5.98. The fourth-order valence-electron chi connectivity index (χ4n) is 1.54. The van der Waals surface area contributed by atoms with Gasteiger partial charge in [0.15, 0.2) is 0 Å². The zero-order chi connectivity index (χ0) is 12.8. The smallest absolute Gasteiger partial charge is 0.339 e. The molecular formula is C12H16N2O3. The van der Waals surface area contributed by atoms with Crippen molar-refractivity contribution in [1.82, 2.24) is 0 Å². The number of benzene rings is 1. The Morgan fingerprint density at radius 1 is 1.53 bits per heavy atom. The first kappa shape index (κ1) is 13.2. The highest BCUT2D eigenvalue weighted by Crippen LogP contribution is 2.21. The van der Waals surface area contributed by atoms with Gasteiger partial charge in [0.05, 0.1) is 18.4 Å². The molecule has 1 aromatic rings. The quantitative estimate of drug-likeness (QED) is 0.599. The van der Waals surface area contributed by atoms with E-state index in [9.17, 15) is 9.59 Å². The largest absolute Gasteiger partial charge is 0.465 e. The molecule has 0 saturated carbocycles. The molecule has 0 bridgehead atoms. The number of anilines is 1. The lowest BCUT2D eigenvalue weighted by molar-refractivity contribution is -0.107. The molecule has 5 heteroatoms. The number of nitrogens with zero attached hydrogens (tertiary/aromatic N) is 1. The monoisotopic (exact) mass is 236 g/mol. The van der Waals surface area contributed by atoms with Crippen LogP contribution in [0.3, 0.4) is 0 Å². The van der Waals surface area contributed by atoms with Gasteiger partial charge in [0.1, 0.15) is 0 Å². The maximum atomic E-state index is 11.6. The van der Waals surface area contributed by atoms with Crippen molar-refractivity contribution in [2.24, 2.45) is 5.73 Å². The predicted molar refractivity (Wildman–Crippen MR) is 65.0 cm³/mol. The van der Waals surface area contributed by atoms with Gasteiger partial charge in [-0.1, -0.05) is 6.07 Å². The van der Waals surface area contributed by atoms with E-state index >= 15 is 0 Å². The van der Waals surface area contributed by atoms with Crippen molar-refractivity contribution in [1.29, 1.82) is 0 Å². The van der Waals surface area contributed by atoms with Crippen LogP contribution in [0, 0.1) is 0 Å². The van der Waals surface area contributed by atoms with E-state index in [0.29, 0.717) is 30.6 Å². The van der Waals surface area contributed by atoms with Gasteiger partial charge in [-0.15, -0.1) is 0 Å². The molecule has 0 spiro atoms. The van der Waals surface area contributed by atoms with Gasteiger partial charge in [-0.25, -0.2) is 4.79 Å². The van der Waals surface area contributed by atoms with E-state index in [-0.39, 0.29) is 0 Å². The lowest BCUT2D eigenvalue weighted by atomic mass is 10.1. The van der Waals surface area contributed by atoms with Crippen molar-refractivity contribution in [3.05, 3.63) is 29.3 Å². The van der Waals surface area contributed by atoms with E-state index in [1.807, 2.05) is 6.07 Å². The third-order valence-corrected chi connectivity index (χ3v) is 2.44. The average molecular weight is 236 g/mol. The molecule has 0 radical (unpaired) electrons. The van der Waals surface area contributed by atoms with Crippen molar-refractivity contribution in [3.63, 3.8) is 0 Å². The van der Waals surface area contributed by atoms with Gasteiger partial charge in [-0.05, 0) is 30.7 Å². The summed E-state index contributed by atoms with van der Waals surface area (Å²) in [5.74, 6) is -0.465. The van der Waals surface area contributed by atoms with E-state index in [1.54, 1.807) is 19.2 Å². The Morgan fingerprint density at radius 2 is 2.24 bits per heavy atom. The standard InChI is InChI=1S/C12H16N2O3/c1-14(8-15)11-4-3-9(5-6-13)7-10(11)12(16)17-2/h3-4,7-8H,5-6,13H2,1-2H3. The van der Waals surface area contributed by atoms with Crippen molar-refractivity contribution in [2.75, 3.05) is 25.6 Å². The predicted octanol–water partition coefficient (Wildman–Crippen LogP) is 0.567. The highest BCUT2D eigenvalue weighted by atomic mass is 16.5. The molecule has 1 amide bonds. The van der Waals surface area contributed by atoms with Gasteiger partial charge in [-0.3, -0.25) is 4.79 Å². The summed E-state index contributed by atoms with van der Waals surface area (Å²) < 4.78 is 4.69. The fourth-order valence-corrected chi connectivity index (χ4v) is 1.54. The second-order valence-corrected chi connectivity index (χ2v) is 3.60. The van der Waals surface area contributed by atoms with E-state index in [2.05, 4.69) is 0 Å². The van der Waals surface area contributed by atoms with Gasteiger partial charge in [0.2, 0.25) is 6.41 Å². The van der Waals surface area contributed by atoms with Gasteiger partial charge in [0.25, 0.3) is 0 Å². The number of carbonyl (C=O) groups is 2. The molecule has 0 saturated heterocycles. The first-order valence-corrected chi connectivity index (χ1v) is 5.23. The Labute approximate surface area is 100 Å². The van der Waals surface area contributed by atoms with Crippen LogP contribution in [-0.4, -0.2) is 33.1 Å². The topological polar surface area (TPSA) is 72.6 Å². The molecule has 0 aliphatic rings. The minimum atomic E-state index is -0.465. The summed E-state index contributed by atoms with van der Waals surface area (Å²) in [6.45, 7) is 0.503. The Hall–Kier alpha value is -1.88. The molecule has 0 fully saturated rings. The summed E-state index contributed by atoms with van der Waals surface area (Å²) in [7, 11) is 2.89. The lowest BCUT2D eigenvalue weighted by Gasteiger charge is -2.15. The second-order valence-electron chi connectivity index (χ2n) is 3.60. The van der Waals surface area contributed by atoms with Crippen molar-refractivity contribution < 1.29 is 14.3 Å². The van der Waals surface area contributed by atoms with Crippen LogP contribution < -0.4 is 10.6 Å². The summed E-state index contributed by atoms with van der Waals surface area (Å²) in [6, 6.07) is 5.26. The molecule has 5 nitrogen and oxygen atoms in total. The molecule has 0 aromatic heterocycles. The summed E-state index contributed by atoms with van der Waals surface area (Å²) in [6.07, 6.45) is 1.32. The van der Waals surface area contributed by atoms with E-state index in [1.165, 1.54) is 12.0 Å². The van der Waals surface area contributed by atoms with Crippen molar-refractivity contribution >= 4 is 18.1 Å². The Bertz CT molecular complexity index is 418. The Kier molecular flexibility index (Phi) is 4.66. The van der Waals surface area contributed by atoms with Gasteiger partial charge in [-0.2, -0.15) is 0 Å². The number of amides is 1. The number of ether oxygens (including phenoxy) is 1. The first-order chi connectivity index (χ1) is 8.13. The minimum absolute atomic E-state index is 0.369. The van der Waals surface area contributed by atoms with Gasteiger partial charge in [0, 0.05) is 7.05 Å². The molecule has 92 valence electrons. The Balaban J connectivity index is 3.20. The SMILES string of the molecule is COC(=O)c1cc(CCN)ccc1N(C)C=O. The van der Waals surface area contributed by atoms with Crippen LogP contribution >= 0.6 is 0 Å². The molecule has 17 heavy (non-hydrogen) atoms. The number of hydrogen-bond donors (Lipinski definition) is 1. The molecule has 0 heterocycles. The third-order valence-electron chi connectivity index (χ3n) is 2.44. The maximum Gasteiger partial charge on any atom is 0.339 e. The lowest BCUT2D eigenvalue weighted by Crippen LogP contribution is -2.18. The van der Waals surface area contributed by atoms with Crippen LogP contribution in [0.5, 0.6) is 0 Å². The molecule has 1 aromatic carbocycles. The number of nitrogens with two attached hydrogens (primary N) is 1. The Morgan fingerprint density at radius 3 is 2.76 bits per heavy atom. The second kappa shape index (κ2) is 6.00. The van der Waals surface area contributed by atoms with E-state index in [4.69, 9.17) is 10.5 Å². The maximum absolute atomic E-state index is 11.6. The van der Waals surface area contributed by atoms with Crippen molar-refractivity contribution in [2.45, 2.75) is 6.42 Å². The molecule has 1 rings (SSSR count). The van der Waals surface area contributed by atoms with Crippen molar-refractivity contribution in [3.8, 4) is 0 Å². The number of methoxy groups -OCH3 is 1. The zero-order valence-corrected chi connectivity index (χ0v) is 9.97. The number of rotatable bonds is 5. The van der Waals surface area contributed by atoms with Gasteiger partial charge >= 0.3 is 5.97 Å². The molecule has 0 unspecified atom stereocenters. The van der Waals surface area contributed by atoms with E-state index in [0.717, 1.165) is 5.56 Å². The average Bonchev–Trinajstić information content (AvgIpc) is 2.37. The van der Waals surface area contributed by atoms with Crippen LogP contribution in [0.1, 0.15) is 15.9 Å². The molecule has 0 aliphatic heterocycles. The fraction of sp³-hybridized carbons (Fsp3) is 0.333. The molecule has 0 aliphatic carbocycles. The molecular weight excluding hydrogens is 220 g/mol.